The van der Waals surface area contributed by atoms with Gasteiger partial charge in [-0.2, -0.15) is 0 Å². The number of carbonyl (C=O) groups excluding carboxylic acids is 2. The normalized spacial score (nSPS) is 14.5. The molecule has 1 aliphatic rings. The molecule has 1 fully saturated rings. The molecule has 0 unspecified atom stereocenters. The largest absolute Gasteiger partial charge is 0.376 e. The fraction of sp³-hybridized carbons (Fsp3) is 0.294. The van der Waals surface area contributed by atoms with Crippen molar-refractivity contribution in [2.24, 2.45) is 0 Å². The molecular formula is C17H18FN3O2S. The molecule has 2 aromatic rings. The molecule has 0 spiro atoms. The lowest BCUT2D eigenvalue weighted by Gasteiger charge is -2.34. The van der Waals surface area contributed by atoms with Gasteiger partial charge in [-0.25, -0.2) is 4.39 Å². The molecule has 0 radical (unpaired) electrons. The SMILES string of the molecule is O=C(CNc1ccc(F)cc1)N1CCN(C(=O)c2cccs2)CC1. The summed E-state index contributed by atoms with van der Waals surface area (Å²) in [5.41, 5.74) is 0.705. The van der Waals surface area contributed by atoms with Gasteiger partial charge >= 0.3 is 0 Å². The van der Waals surface area contributed by atoms with E-state index in [9.17, 15) is 14.0 Å². The van der Waals surface area contributed by atoms with Crippen molar-refractivity contribution in [3.05, 3.63) is 52.5 Å². The fourth-order valence-electron chi connectivity index (χ4n) is 2.57. The number of piperazine rings is 1. The van der Waals surface area contributed by atoms with E-state index < -0.39 is 0 Å². The van der Waals surface area contributed by atoms with Crippen LogP contribution in [-0.2, 0) is 4.79 Å². The molecule has 1 aromatic heterocycles. The number of hydrogen-bond donors (Lipinski definition) is 1. The van der Waals surface area contributed by atoms with Gasteiger partial charge in [-0.15, -0.1) is 11.3 Å². The smallest absolute Gasteiger partial charge is 0.264 e. The maximum atomic E-state index is 12.8. The number of anilines is 1. The van der Waals surface area contributed by atoms with E-state index in [2.05, 4.69) is 5.32 Å². The number of hydrogen-bond acceptors (Lipinski definition) is 4. The van der Waals surface area contributed by atoms with Crippen molar-refractivity contribution in [2.45, 2.75) is 0 Å². The van der Waals surface area contributed by atoms with Crippen molar-refractivity contribution in [1.29, 1.82) is 0 Å². The molecule has 0 atom stereocenters. The molecule has 126 valence electrons. The summed E-state index contributed by atoms with van der Waals surface area (Å²) in [7, 11) is 0. The van der Waals surface area contributed by atoms with E-state index in [0.29, 0.717) is 31.9 Å². The van der Waals surface area contributed by atoms with Gasteiger partial charge in [0.2, 0.25) is 5.91 Å². The number of thiophene rings is 1. The van der Waals surface area contributed by atoms with Crippen LogP contribution in [0.2, 0.25) is 0 Å². The Kier molecular flexibility index (Phi) is 5.10. The van der Waals surface area contributed by atoms with Crippen LogP contribution in [0, 0.1) is 5.82 Å². The fourth-order valence-corrected chi connectivity index (χ4v) is 3.26. The van der Waals surface area contributed by atoms with Crippen molar-refractivity contribution in [2.75, 3.05) is 38.0 Å². The summed E-state index contributed by atoms with van der Waals surface area (Å²) in [5, 5.41) is 4.87. The standard InChI is InChI=1S/C17H18FN3O2S/c18-13-3-5-14(6-4-13)19-12-16(22)20-7-9-21(10-8-20)17(23)15-2-1-11-24-15/h1-6,11,19H,7-10,12H2. The summed E-state index contributed by atoms with van der Waals surface area (Å²) in [6.07, 6.45) is 0. The van der Waals surface area contributed by atoms with Crippen LogP contribution in [0.1, 0.15) is 9.67 Å². The van der Waals surface area contributed by atoms with Crippen molar-refractivity contribution in [1.82, 2.24) is 9.80 Å². The third kappa shape index (κ3) is 3.91. The molecule has 2 amide bonds. The molecule has 0 aliphatic carbocycles. The zero-order valence-corrected chi connectivity index (χ0v) is 13.9. The first-order valence-electron chi connectivity index (χ1n) is 7.73. The minimum Gasteiger partial charge on any atom is -0.376 e. The van der Waals surface area contributed by atoms with E-state index in [0.717, 1.165) is 4.88 Å². The van der Waals surface area contributed by atoms with Gasteiger partial charge in [0.25, 0.3) is 5.91 Å². The summed E-state index contributed by atoms with van der Waals surface area (Å²) >= 11 is 1.43. The number of benzene rings is 1. The van der Waals surface area contributed by atoms with Crippen LogP contribution >= 0.6 is 11.3 Å². The number of amides is 2. The zero-order valence-electron chi connectivity index (χ0n) is 13.1. The molecule has 2 heterocycles. The Morgan fingerprint density at radius 3 is 2.33 bits per heavy atom. The third-order valence-electron chi connectivity index (χ3n) is 3.94. The topological polar surface area (TPSA) is 52.7 Å². The quantitative estimate of drug-likeness (QED) is 0.923. The first kappa shape index (κ1) is 16.4. The maximum Gasteiger partial charge on any atom is 0.264 e. The zero-order chi connectivity index (χ0) is 16.9. The van der Waals surface area contributed by atoms with Crippen molar-refractivity contribution in [3.63, 3.8) is 0 Å². The second-order valence-electron chi connectivity index (χ2n) is 5.51. The molecule has 1 aromatic carbocycles. The molecule has 5 nitrogen and oxygen atoms in total. The van der Waals surface area contributed by atoms with E-state index in [4.69, 9.17) is 0 Å². The average molecular weight is 347 g/mol. The summed E-state index contributed by atoms with van der Waals surface area (Å²) in [5.74, 6) is -0.303. The van der Waals surface area contributed by atoms with E-state index in [1.807, 2.05) is 17.5 Å². The van der Waals surface area contributed by atoms with Gasteiger partial charge < -0.3 is 15.1 Å². The molecule has 7 heteroatoms. The Morgan fingerprint density at radius 1 is 1.04 bits per heavy atom. The monoisotopic (exact) mass is 347 g/mol. The third-order valence-corrected chi connectivity index (χ3v) is 4.80. The minimum absolute atomic E-state index is 0.0254. The van der Waals surface area contributed by atoms with Crippen molar-refractivity contribution in [3.8, 4) is 0 Å². The predicted molar refractivity (Wildman–Crippen MR) is 91.7 cm³/mol. The average Bonchev–Trinajstić information content (AvgIpc) is 3.15. The Balaban J connectivity index is 1.46. The Labute approximate surface area is 143 Å². The van der Waals surface area contributed by atoms with Crippen LogP contribution in [0.5, 0.6) is 0 Å². The van der Waals surface area contributed by atoms with Crippen LogP contribution in [0.25, 0.3) is 0 Å². The number of halogens is 1. The first-order chi connectivity index (χ1) is 11.6. The maximum absolute atomic E-state index is 12.8. The van der Waals surface area contributed by atoms with E-state index in [1.54, 1.807) is 21.9 Å². The molecular weight excluding hydrogens is 329 g/mol. The number of carbonyl (C=O) groups is 2. The highest BCUT2D eigenvalue weighted by atomic mass is 32.1. The van der Waals surface area contributed by atoms with E-state index >= 15 is 0 Å². The Bertz CT molecular complexity index is 695. The summed E-state index contributed by atoms with van der Waals surface area (Å²) in [6.45, 7) is 2.30. The van der Waals surface area contributed by atoms with Crippen LogP contribution in [0.15, 0.2) is 41.8 Å². The molecule has 3 rings (SSSR count). The number of nitrogens with one attached hydrogen (secondary N) is 1. The molecule has 24 heavy (non-hydrogen) atoms. The molecule has 1 saturated heterocycles. The van der Waals surface area contributed by atoms with Crippen molar-refractivity contribution < 1.29 is 14.0 Å². The summed E-state index contributed by atoms with van der Waals surface area (Å²) < 4.78 is 12.8. The highest BCUT2D eigenvalue weighted by molar-refractivity contribution is 7.12. The van der Waals surface area contributed by atoms with Gasteiger partial charge in [-0.3, -0.25) is 9.59 Å². The van der Waals surface area contributed by atoms with Gasteiger partial charge in [-0.05, 0) is 35.7 Å². The summed E-state index contributed by atoms with van der Waals surface area (Å²) in [6, 6.07) is 9.57. The highest BCUT2D eigenvalue weighted by Gasteiger charge is 2.24. The molecule has 1 N–H and O–H groups in total. The van der Waals surface area contributed by atoms with Crippen LogP contribution in [0.4, 0.5) is 10.1 Å². The highest BCUT2D eigenvalue weighted by Crippen LogP contribution is 2.14. The number of rotatable bonds is 4. The van der Waals surface area contributed by atoms with Gasteiger partial charge in [0.05, 0.1) is 11.4 Å². The van der Waals surface area contributed by atoms with Crippen LogP contribution in [0.3, 0.4) is 0 Å². The molecule has 1 aliphatic heterocycles. The second kappa shape index (κ2) is 7.44. The van der Waals surface area contributed by atoms with Crippen LogP contribution in [-0.4, -0.2) is 54.3 Å². The van der Waals surface area contributed by atoms with Gasteiger partial charge in [0.15, 0.2) is 0 Å². The lowest BCUT2D eigenvalue weighted by molar-refractivity contribution is -0.130. The van der Waals surface area contributed by atoms with Crippen molar-refractivity contribution >= 4 is 28.8 Å². The van der Waals surface area contributed by atoms with Gasteiger partial charge in [-0.1, -0.05) is 6.07 Å². The lowest BCUT2D eigenvalue weighted by Crippen LogP contribution is -2.51. The molecule has 0 saturated carbocycles. The van der Waals surface area contributed by atoms with Crippen LogP contribution < -0.4 is 5.32 Å². The van der Waals surface area contributed by atoms with Gasteiger partial charge in [0, 0.05) is 31.9 Å². The van der Waals surface area contributed by atoms with E-state index in [-0.39, 0.29) is 24.2 Å². The summed E-state index contributed by atoms with van der Waals surface area (Å²) in [4.78, 5) is 28.8. The minimum atomic E-state index is -0.307. The second-order valence-corrected chi connectivity index (χ2v) is 6.46. The number of nitrogens with zero attached hydrogens (tertiary/aromatic N) is 2. The molecule has 0 bridgehead atoms. The Hall–Kier alpha value is -2.41. The first-order valence-corrected chi connectivity index (χ1v) is 8.61. The lowest BCUT2D eigenvalue weighted by atomic mass is 10.2. The predicted octanol–water partition coefficient (Wildman–Crippen LogP) is 2.28. The van der Waals surface area contributed by atoms with Gasteiger partial charge in [0.1, 0.15) is 5.82 Å². The van der Waals surface area contributed by atoms with E-state index in [1.165, 1.54) is 23.5 Å². The Morgan fingerprint density at radius 2 is 1.71 bits per heavy atom.